The molecule has 0 aromatic heterocycles. The van der Waals surface area contributed by atoms with Crippen molar-refractivity contribution in [2.24, 2.45) is 5.92 Å². The fourth-order valence-electron chi connectivity index (χ4n) is 3.21. The molecule has 2 rings (SSSR count). The molecular formula is C15H28N2O3. The van der Waals surface area contributed by atoms with Gasteiger partial charge in [-0.1, -0.05) is 13.8 Å². The third kappa shape index (κ3) is 4.43. The molecule has 116 valence electrons. The molecule has 2 atom stereocenters. The van der Waals surface area contributed by atoms with Crippen LogP contribution in [-0.4, -0.2) is 72.4 Å². The van der Waals surface area contributed by atoms with E-state index in [1.165, 1.54) is 0 Å². The van der Waals surface area contributed by atoms with E-state index >= 15 is 0 Å². The standard InChI is InChI=1S/C15H28N2O3/c1-12(2)14-11-13(4-10-20-14)17-8-6-16(7-9-17)5-3-15(18)19/h12-14H,3-11H2,1-2H3,(H,18,19). The lowest BCUT2D eigenvalue weighted by atomic mass is 9.94. The van der Waals surface area contributed by atoms with Crippen molar-refractivity contribution in [2.75, 3.05) is 39.3 Å². The maximum absolute atomic E-state index is 10.6. The Balaban J connectivity index is 1.74. The van der Waals surface area contributed by atoms with Gasteiger partial charge in [-0.2, -0.15) is 0 Å². The van der Waals surface area contributed by atoms with Gasteiger partial charge in [-0.05, 0) is 18.8 Å². The fraction of sp³-hybridized carbons (Fsp3) is 0.933. The highest BCUT2D eigenvalue weighted by molar-refractivity contribution is 5.66. The van der Waals surface area contributed by atoms with Gasteiger partial charge >= 0.3 is 5.97 Å². The molecule has 0 aromatic carbocycles. The first-order chi connectivity index (χ1) is 9.56. The largest absolute Gasteiger partial charge is 0.481 e. The van der Waals surface area contributed by atoms with E-state index in [1.807, 2.05) is 0 Å². The number of ether oxygens (including phenoxy) is 1. The number of hydrogen-bond acceptors (Lipinski definition) is 4. The third-order valence-electron chi connectivity index (χ3n) is 4.60. The molecule has 2 aliphatic rings. The Bertz CT molecular complexity index is 314. The predicted molar refractivity (Wildman–Crippen MR) is 77.9 cm³/mol. The first-order valence-electron chi connectivity index (χ1n) is 7.86. The molecule has 20 heavy (non-hydrogen) atoms. The van der Waals surface area contributed by atoms with Gasteiger partial charge in [0.15, 0.2) is 0 Å². The zero-order chi connectivity index (χ0) is 14.5. The number of rotatable bonds is 5. The lowest BCUT2D eigenvalue weighted by molar-refractivity contribution is -0.137. The number of aliphatic carboxylic acids is 1. The van der Waals surface area contributed by atoms with Crippen molar-refractivity contribution in [1.82, 2.24) is 9.80 Å². The highest BCUT2D eigenvalue weighted by Gasteiger charge is 2.30. The monoisotopic (exact) mass is 284 g/mol. The van der Waals surface area contributed by atoms with E-state index in [-0.39, 0.29) is 6.42 Å². The molecule has 0 aromatic rings. The van der Waals surface area contributed by atoms with Crippen LogP contribution in [0.2, 0.25) is 0 Å². The van der Waals surface area contributed by atoms with E-state index in [9.17, 15) is 4.79 Å². The topological polar surface area (TPSA) is 53.0 Å². The second kappa shape index (κ2) is 7.38. The van der Waals surface area contributed by atoms with Crippen molar-refractivity contribution in [1.29, 1.82) is 0 Å². The van der Waals surface area contributed by atoms with Gasteiger partial charge < -0.3 is 14.7 Å². The van der Waals surface area contributed by atoms with Crippen molar-refractivity contribution < 1.29 is 14.6 Å². The molecule has 0 amide bonds. The molecule has 0 bridgehead atoms. The SMILES string of the molecule is CC(C)C1CC(N2CCN(CCC(=O)O)CC2)CCO1. The minimum absolute atomic E-state index is 0.257. The number of piperazine rings is 1. The predicted octanol–water partition coefficient (Wildman–Crippen LogP) is 1.28. The third-order valence-corrected chi connectivity index (χ3v) is 4.60. The zero-order valence-corrected chi connectivity index (χ0v) is 12.8. The summed E-state index contributed by atoms with van der Waals surface area (Å²) >= 11 is 0. The Kier molecular flexibility index (Phi) is 5.81. The second-order valence-electron chi connectivity index (χ2n) is 6.35. The maximum Gasteiger partial charge on any atom is 0.304 e. The minimum Gasteiger partial charge on any atom is -0.481 e. The van der Waals surface area contributed by atoms with Gasteiger partial charge in [-0.25, -0.2) is 0 Å². The minimum atomic E-state index is -0.698. The summed E-state index contributed by atoms with van der Waals surface area (Å²) in [7, 11) is 0. The van der Waals surface area contributed by atoms with Crippen LogP contribution in [-0.2, 0) is 9.53 Å². The van der Waals surface area contributed by atoms with E-state index in [0.717, 1.165) is 45.6 Å². The summed E-state index contributed by atoms with van der Waals surface area (Å²) in [6, 6.07) is 0.651. The number of carboxylic acid groups (broad SMARTS) is 1. The van der Waals surface area contributed by atoms with Crippen LogP contribution < -0.4 is 0 Å². The number of carboxylic acids is 1. The van der Waals surface area contributed by atoms with Crippen molar-refractivity contribution >= 4 is 5.97 Å². The average molecular weight is 284 g/mol. The second-order valence-corrected chi connectivity index (χ2v) is 6.35. The first-order valence-corrected chi connectivity index (χ1v) is 7.86. The van der Waals surface area contributed by atoms with Crippen molar-refractivity contribution in [3.8, 4) is 0 Å². The van der Waals surface area contributed by atoms with Crippen LogP contribution >= 0.6 is 0 Å². The molecule has 2 aliphatic heterocycles. The van der Waals surface area contributed by atoms with Crippen molar-refractivity contribution in [3.63, 3.8) is 0 Å². The Morgan fingerprint density at radius 1 is 1.30 bits per heavy atom. The van der Waals surface area contributed by atoms with Crippen LogP contribution in [0.25, 0.3) is 0 Å². The van der Waals surface area contributed by atoms with E-state index in [2.05, 4.69) is 23.6 Å². The molecular weight excluding hydrogens is 256 g/mol. The van der Waals surface area contributed by atoms with Gasteiger partial charge in [0.2, 0.25) is 0 Å². The molecule has 1 N–H and O–H groups in total. The van der Waals surface area contributed by atoms with Crippen LogP contribution in [0.15, 0.2) is 0 Å². The summed E-state index contributed by atoms with van der Waals surface area (Å²) in [6.07, 6.45) is 2.94. The van der Waals surface area contributed by atoms with E-state index in [1.54, 1.807) is 0 Å². The van der Waals surface area contributed by atoms with E-state index in [4.69, 9.17) is 9.84 Å². The summed E-state index contributed by atoms with van der Waals surface area (Å²) in [4.78, 5) is 15.4. The smallest absolute Gasteiger partial charge is 0.304 e. The molecule has 0 radical (unpaired) electrons. The van der Waals surface area contributed by atoms with E-state index < -0.39 is 5.97 Å². The molecule has 0 spiro atoms. The molecule has 0 saturated carbocycles. The zero-order valence-electron chi connectivity index (χ0n) is 12.8. The highest BCUT2D eigenvalue weighted by atomic mass is 16.5. The van der Waals surface area contributed by atoms with Crippen LogP contribution in [0, 0.1) is 5.92 Å². The molecule has 2 fully saturated rings. The summed E-state index contributed by atoms with van der Waals surface area (Å²) < 4.78 is 5.84. The lowest BCUT2D eigenvalue weighted by Crippen LogP contribution is -2.53. The van der Waals surface area contributed by atoms with Gasteiger partial charge in [0, 0.05) is 45.4 Å². The van der Waals surface area contributed by atoms with Gasteiger partial charge in [-0.15, -0.1) is 0 Å². The Labute approximate surface area is 121 Å². The van der Waals surface area contributed by atoms with Crippen molar-refractivity contribution in [3.05, 3.63) is 0 Å². The molecule has 0 aliphatic carbocycles. The number of nitrogens with zero attached hydrogens (tertiary/aromatic N) is 2. The summed E-state index contributed by atoms with van der Waals surface area (Å²) in [5.41, 5.74) is 0. The van der Waals surface area contributed by atoms with E-state index in [0.29, 0.717) is 24.6 Å². The quantitative estimate of drug-likeness (QED) is 0.824. The molecule has 2 saturated heterocycles. The van der Waals surface area contributed by atoms with Gasteiger partial charge in [-0.3, -0.25) is 9.69 Å². The van der Waals surface area contributed by atoms with Crippen LogP contribution in [0.1, 0.15) is 33.1 Å². The maximum atomic E-state index is 10.6. The Hall–Kier alpha value is -0.650. The van der Waals surface area contributed by atoms with Crippen LogP contribution in [0.3, 0.4) is 0 Å². The van der Waals surface area contributed by atoms with Gasteiger partial charge in [0.1, 0.15) is 0 Å². The molecule has 5 nitrogen and oxygen atoms in total. The Morgan fingerprint density at radius 2 is 2.00 bits per heavy atom. The molecule has 2 unspecified atom stereocenters. The van der Waals surface area contributed by atoms with Gasteiger partial charge in [0.25, 0.3) is 0 Å². The first kappa shape index (κ1) is 15.7. The number of carbonyl (C=O) groups is 1. The van der Waals surface area contributed by atoms with Crippen molar-refractivity contribution in [2.45, 2.75) is 45.3 Å². The normalized spacial score (nSPS) is 29.8. The number of hydrogen-bond donors (Lipinski definition) is 1. The Morgan fingerprint density at radius 3 is 2.60 bits per heavy atom. The highest BCUT2D eigenvalue weighted by Crippen LogP contribution is 2.24. The summed E-state index contributed by atoms with van der Waals surface area (Å²) in [5.74, 6) is -0.105. The fourth-order valence-corrected chi connectivity index (χ4v) is 3.21. The van der Waals surface area contributed by atoms with Crippen LogP contribution in [0.5, 0.6) is 0 Å². The summed E-state index contributed by atoms with van der Waals surface area (Å²) in [5, 5.41) is 8.73. The lowest BCUT2D eigenvalue weighted by Gasteiger charge is -2.43. The van der Waals surface area contributed by atoms with Crippen LogP contribution in [0.4, 0.5) is 0 Å². The average Bonchev–Trinajstić information content (AvgIpc) is 2.46. The molecule has 5 heteroatoms. The summed E-state index contributed by atoms with van der Waals surface area (Å²) in [6.45, 7) is 10.2. The van der Waals surface area contributed by atoms with Gasteiger partial charge in [0.05, 0.1) is 12.5 Å². The molecule has 2 heterocycles.